The minimum Gasteiger partial charge on any atom is -0.373 e. The van der Waals surface area contributed by atoms with E-state index in [1.807, 2.05) is 6.92 Å². The van der Waals surface area contributed by atoms with Crippen LogP contribution in [-0.4, -0.2) is 22.1 Å². The van der Waals surface area contributed by atoms with Gasteiger partial charge in [-0.05, 0) is 18.8 Å². The molecule has 1 fully saturated rings. The first kappa shape index (κ1) is 13.2. The summed E-state index contributed by atoms with van der Waals surface area (Å²) in [6, 6.07) is 0. The van der Waals surface area contributed by atoms with Crippen molar-refractivity contribution in [2.45, 2.75) is 51.6 Å². The van der Waals surface area contributed by atoms with Crippen molar-refractivity contribution in [1.29, 1.82) is 0 Å². The quantitative estimate of drug-likeness (QED) is 0.887. The molecule has 0 amide bonds. The molecule has 1 atom stereocenters. The molecule has 2 rings (SSSR count). The molecular formula is C13H22N4O. The van der Waals surface area contributed by atoms with Crippen LogP contribution in [0.4, 0.5) is 5.95 Å². The molecule has 0 aliphatic heterocycles. The average Bonchev–Trinajstić information content (AvgIpc) is 2.40. The van der Waals surface area contributed by atoms with E-state index in [1.54, 1.807) is 7.11 Å². The zero-order valence-corrected chi connectivity index (χ0v) is 11.2. The Bertz CT molecular complexity index is 391. The van der Waals surface area contributed by atoms with Gasteiger partial charge >= 0.3 is 0 Å². The Morgan fingerprint density at radius 1 is 1.22 bits per heavy atom. The molecule has 1 aliphatic rings. The summed E-state index contributed by atoms with van der Waals surface area (Å²) in [7, 11) is 1.73. The van der Waals surface area contributed by atoms with Gasteiger partial charge in [0, 0.05) is 13.5 Å². The fourth-order valence-electron chi connectivity index (χ4n) is 2.69. The average molecular weight is 250 g/mol. The van der Waals surface area contributed by atoms with Crippen LogP contribution in [0.15, 0.2) is 0 Å². The molecule has 2 N–H and O–H groups in total. The Labute approximate surface area is 108 Å². The number of methoxy groups -OCH3 is 1. The van der Waals surface area contributed by atoms with Gasteiger partial charge in [-0.2, -0.15) is 9.97 Å². The minimum atomic E-state index is -0.0408. The molecule has 0 saturated heterocycles. The molecule has 1 heterocycles. The highest BCUT2D eigenvalue weighted by Crippen LogP contribution is 2.35. The number of hydrogen-bond donors (Lipinski definition) is 1. The summed E-state index contributed by atoms with van der Waals surface area (Å²) in [5.74, 6) is 2.26. The maximum Gasteiger partial charge on any atom is 0.223 e. The first-order valence-electron chi connectivity index (χ1n) is 6.77. The van der Waals surface area contributed by atoms with E-state index in [9.17, 15) is 0 Å². The predicted octanol–water partition coefficient (Wildman–Crippen LogP) is 2.28. The molecular weight excluding hydrogens is 228 g/mol. The van der Waals surface area contributed by atoms with E-state index >= 15 is 0 Å². The lowest BCUT2D eigenvalue weighted by Gasteiger charge is -2.28. The summed E-state index contributed by atoms with van der Waals surface area (Å²) < 4.78 is 5.62. The first-order valence-corrected chi connectivity index (χ1v) is 6.77. The number of hydrogen-bond acceptors (Lipinski definition) is 5. The van der Waals surface area contributed by atoms with Gasteiger partial charge in [0.2, 0.25) is 5.95 Å². The van der Waals surface area contributed by atoms with Crippen molar-refractivity contribution in [2.24, 2.45) is 5.92 Å². The molecule has 0 spiro atoms. The van der Waals surface area contributed by atoms with E-state index in [4.69, 9.17) is 10.5 Å². The van der Waals surface area contributed by atoms with Crippen molar-refractivity contribution in [2.75, 3.05) is 12.8 Å². The highest BCUT2D eigenvalue weighted by molar-refractivity contribution is 5.17. The molecule has 0 radical (unpaired) electrons. The Kier molecular flexibility index (Phi) is 4.47. The number of ether oxygens (including phenoxy) is 1. The molecule has 0 aromatic carbocycles. The second-order valence-electron chi connectivity index (χ2n) is 4.88. The number of nitrogen functional groups attached to an aromatic ring is 1. The molecule has 1 aromatic rings. The first-order chi connectivity index (χ1) is 8.74. The molecule has 5 heteroatoms. The van der Waals surface area contributed by atoms with Crippen LogP contribution in [0.25, 0.3) is 0 Å². The molecule has 1 aromatic heterocycles. The molecule has 1 unspecified atom stereocenters. The maximum absolute atomic E-state index is 5.74. The number of aryl methyl sites for hydroxylation is 1. The summed E-state index contributed by atoms with van der Waals surface area (Å²) in [5.41, 5.74) is 5.74. The number of rotatable bonds is 4. The van der Waals surface area contributed by atoms with E-state index in [-0.39, 0.29) is 6.10 Å². The van der Waals surface area contributed by atoms with Crippen molar-refractivity contribution in [1.82, 2.24) is 15.0 Å². The molecule has 0 bridgehead atoms. The number of nitrogens with two attached hydrogens (primary N) is 1. The Hall–Kier alpha value is -1.23. The van der Waals surface area contributed by atoms with Gasteiger partial charge in [-0.1, -0.05) is 26.2 Å². The van der Waals surface area contributed by atoms with Crippen LogP contribution < -0.4 is 5.73 Å². The SMILES string of the molecule is CCc1nc(N)nc(C(OC)C2CCCCC2)n1. The van der Waals surface area contributed by atoms with Gasteiger partial charge in [0.1, 0.15) is 11.9 Å². The third-order valence-corrected chi connectivity index (χ3v) is 3.62. The van der Waals surface area contributed by atoms with Crippen LogP contribution in [0.2, 0.25) is 0 Å². The van der Waals surface area contributed by atoms with Crippen LogP contribution in [-0.2, 0) is 11.2 Å². The van der Waals surface area contributed by atoms with E-state index < -0.39 is 0 Å². The second kappa shape index (κ2) is 6.09. The third kappa shape index (κ3) is 2.96. The fraction of sp³-hybridized carbons (Fsp3) is 0.769. The Morgan fingerprint density at radius 3 is 2.56 bits per heavy atom. The van der Waals surface area contributed by atoms with Crippen LogP contribution in [0.3, 0.4) is 0 Å². The summed E-state index contributed by atoms with van der Waals surface area (Å²) in [6.07, 6.45) is 6.96. The van der Waals surface area contributed by atoms with Crippen molar-refractivity contribution in [3.05, 3.63) is 11.6 Å². The predicted molar refractivity (Wildman–Crippen MR) is 69.9 cm³/mol. The molecule has 100 valence electrons. The van der Waals surface area contributed by atoms with Crippen LogP contribution >= 0.6 is 0 Å². The summed E-state index contributed by atoms with van der Waals surface area (Å²) in [6.45, 7) is 2.01. The fourth-order valence-corrected chi connectivity index (χ4v) is 2.69. The Balaban J connectivity index is 2.22. The molecule has 1 aliphatic carbocycles. The monoisotopic (exact) mass is 250 g/mol. The zero-order chi connectivity index (χ0) is 13.0. The summed E-state index contributed by atoms with van der Waals surface area (Å²) >= 11 is 0. The van der Waals surface area contributed by atoms with E-state index in [2.05, 4.69) is 15.0 Å². The van der Waals surface area contributed by atoms with Gasteiger partial charge in [-0.15, -0.1) is 0 Å². The normalized spacial score (nSPS) is 18.8. The lowest BCUT2D eigenvalue weighted by molar-refractivity contribution is 0.0287. The lowest BCUT2D eigenvalue weighted by atomic mass is 9.85. The smallest absolute Gasteiger partial charge is 0.223 e. The van der Waals surface area contributed by atoms with Gasteiger partial charge in [-0.3, -0.25) is 0 Å². The summed E-state index contributed by atoms with van der Waals surface area (Å²) in [5, 5.41) is 0. The second-order valence-corrected chi connectivity index (χ2v) is 4.88. The number of aromatic nitrogens is 3. The van der Waals surface area contributed by atoms with Crippen molar-refractivity contribution in [3.63, 3.8) is 0 Å². The topological polar surface area (TPSA) is 73.9 Å². The number of nitrogens with zero attached hydrogens (tertiary/aromatic N) is 3. The standard InChI is InChI=1S/C13H22N4O/c1-3-10-15-12(17-13(14)16-10)11(18-2)9-7-5-4-6-8-9/h9,11H,3-8H2,1-2H3,(H2,14,15,16,17). The van der Waals surface area contributed by atoms with Crippen molar-refractivity contribution < 1.29 is 4.74 Å². The van der Waals surface area contributed by atoms with Crippen LogP contribution in [0.5, 0.6) is 0 Å². The van der Waals surface area contributed by atoms with E-state index in [1.165, 1.54) is 32.1 Å². The van der Waals surface area contributed by atoms with E-state index in [0.717, 1.165) is 12.2 Å². The van der Waals surface area contributed by atoms with Crippen LogP contribution in [0, 0.1) is 5.92 Å². The maximum atomic E-state index is 5.74. The van der Waals surface area contributed by atoms with Gasteiger partial charge in [0.25, 0.3) is 0 Å². The number of anilines is 1. The van der Waals surface area contributed by atoms with Gasteiger partial charge < -0.3 is 10.5 Å². The molecule has 18 heavy (non-hydrogen) atoms. The largest absolute Gasteiger partial charge is 0.373 e. The van der Waals surface area contributed by atoms with E-state index in [0.29, 0.717) is 17.7 Å². The van der Waals surface area contributed by atoms with Crippen molar-refractivity contribution >= 4 is 5.95 Å². The van der Waals surface area contributed by atoms with Crippen molar-refractivity contribution in [3.8, 4) is 0 Å². The Morgan fingerprint density at radius 2 is 1.94 bits per heavy atom. The lowest BCUT2D eigenvalue weighted by Crippen LogP contribution is -2.21. The van der Waals surface area contributed by atoms with Gasteiger partial charge in [0.15, 0.2) is 5.82 Å². The summed E-state index contributed by atoms with van der Waals surface area (Å²) in [4.78, 5) is 12.8. The van der Waals surface area contributed by atoms with Crippen LogP contribution in [0.1, 0.15) is 56.8 Å². The molecule has 1 saturated carbocycles. The zero-order valence-electron chi connectivity index (χ0n) is 11.2. The molecule has 5 nitrogen and oxygen atoms in total. The van der Waals surface area contributed by atoms with Gasteiger partial charge in [0.05, 0.1) is 0 Å². The highest BCUT2D eigenvalue weighted by Gasteiger charge is 2.27. The van der Waals surface area contributed by atoms with Gasteiger partial charge in [-0.25, -0.2) is 4.98 Å². The third-order valence-electron chi connectivity index (χ3n) is 3.62. The minimum absolute atomic E-state index is 0.0408. The highest BCUT2D eigenvalue weighted by atomic mass is 16.5.